The normalized spacial score (nSPS) is 14.8. The van der Waals surface area contributed by atoms with Gasteiger partial charge >= 0.3 is 54.2 Å². The summed E-state index contributed by atoms with van der Waals surface area (Å²) in [6.07, 6.45) is 0. The summed E-state index contributed by atoms with van der Waals surface area (Å²) in [5, 5.41) is 0. The van der Waals surface area contributed by atoms with E-state index in [1.807, 2.05) is 0 Å². The monoisotopic (exact) mass is 496 g/mol. The van der Waals surface area contributed by atoms with E-state index in [-0.39, 0.29) is 26.6 Å². The van der Waals surface area contributed by atoms with Gasteiger partial charge in [0.2, 0.25) is 0 Å². The summed E-state index contributed by atoms with van der Waals surface area (Å²) < 4.78 is 62.2. The van der Waals surface area contributed by atoms with Gasteiger partial charge in [-0.05, 0) is 42.2 Å². The second kappa shape index (κ2) is 6.72. The topological polar surface area (TPSA) is 0 Å². The van der Waals surface area contributed by atoms with E-state index in [0.29, 0.717) is 0 Å². The average molecular weight is 496 g/mol. The molecule has 0 spiro atoms. The maximum atomic E-state index is 9.87. The summed E-state index contributed by atoms with van der Waals surface area (Å²) in [4.78, 5) is 0. The quantitative estimate of drug-likeness (QED) is 0.319. The van der Waals surface area contributed by atoms with Crippen molar-refractivity contribution in [3.8, 4) is 0 Å². The van der Waals surface area contributed by atoms with Gasteiger partial charge in [-0.1, -0.05) is 50.6 Å². The van der Waals surface area contributed by atoms with Crippen LogP contribution in [0.1, 0.15) is 31.9 Å². The zero-order chi connectivity index (χ0) is 19.6. The summed E-state index contributed by atoms with van der Waals surface area (Å²) in [6.45, 7) is 8.92. The first kappa shape index (κ1) is 22.2. The van der Waals surface area contributed by atoms with Gasteiger partial charge < -0.3 is 0 Å². The molecule has 0 bridgehead atoms. The van der Waals surface area contributed by atoms with Crippen molar-refractivity contribution in [1.29, 1.82) is 0 Å². The van der Waals surface area contributed by atoms with Gasteiger partial charge in [0, 0.05) is 0 Å². The van der Waals surface area contributed by atoms with Crippen molar-refractivity contribution in [2.75, 3.05) is 0 Å². The summed E-state index contributed by atoms with van der Waals surface area (Å²) >= 11 is -0.0336. The fraction of sp³-hybridized carbons (Fsp3) is 0.294. The number of aryl methyl sites for hydroxylation is 1. The number of hydrogen-bond acceptors (Lipinski definition) is 0. The van der Waals surface area contributed by atoms with Gasteiger partial charge in [0.1, 0.15) is 0 Å². The molecule has 0 aliphatic carbocycles. The molecule has 0 heterocycles. The molecule has 0 fully saturated rings. The molecule has 0 N–H and O–H groups in total. The van der Waals surface area contributed by atoms with Crippen LogP contribution in [0.25, 0.3) is 0 Å². The Morgan fingerprint density at radius 3 is 1.32 bits per heavy atom. The Morgan fingerprint density at radius 2 is 1.00 bits per heavy atom. The van der Waals surface area contributed by atoms with E-state index in [2.05, 4.69) is 76.2 Å². The predicted octanol–water partition coefficient (Wildman–Crippen LogP) is 4.80. The van der Waals surface area contributed by atoms with Crippen LogP contribution < -0.4 is 21.2 Å². The standard InChI is InChI=1S/C17H20I.F6P/c1-13-5-9-15(10-6-13)18-16-11-7-14(8-12-16)17(2,3)4;1-7(2,3,4,5)6/h5-12H,1-4H3;/q+1;-1. The Labute approximate surface area is 154 Å². The molecular weight excluding hydrogens is 476 g/mol. The van der Waals surface area contributed by atoms with Crippen LogP contribution in [0, 0.1) is 14.1 Å². The summed E-state index contributed by atoms with van der Waals surface area (Å²) in [7, 11) is -10.7. The first-order valence-corrected chi connectivity index (χ1v) is 11.5. The van der Waals surface area contributed by atoms with Crippen LogP contribution in [0.15, 0.2) is 48.5 Å². The molecule has 0 radical (unpaired) electrons. The van der Waals surface area contributed by atoms with E-state index in [1.54, 1.807) is 0 Å². The van der Waals surface area contributed by atoms with E-state index in [0.717, 1.165) is 0 Å². The van der Waals surface area contributed by atoms with Gasteiger partial charge in [0.15, 0.2) is 7.14 Å². The fourth-order valence-corrected chi connectivity index (χ4v) is 3.89. The maximum absolute atomic E-state index is 10.7. The third kappa shape index (κ3) is 12.2. The summed E-state index contributed by atoms with van der Waals surface area (Å²) in [6, 6.07) is 18.1. The number of rotatable bonds is 2. The Kier molecular flexibility index (Phi) is 5.98. The van der Waals surface area contributed by atoms with E-state index in [1.165, 1.54) is 18.3 Å². The summed E-state index contributed by atoms with van der Waals surface area (Å²) in [5.41, 5.74) is 3.01. The van der Waals surface area contributed by atoms with Crippen LogP contribution in [0.4, 0.5) is 25.2 Å². The van der Waals surface area contributed by atoms with Crippen molar-refractivity contribution in [2.45, 2.75) is 33.1 Å². The molecule has 0 saturated carbocycles. The van der Waals surface area contributed by atoms with Gasteiger partial charge in [-0.2, -0.15) is 0 Å². The Hall–Kier alpha value is -0.820. The van der Waals surface area contributed by atoms with E-state index >= 15 is 0 Å². The van der Waals surface area contributed by atoms with Gasteiger partial charge in [-0.15, -0.1) is 0 Å². The number of hydrogen-bond donors (Lipinski definition) is 0. The Bertz CT molecular complexity index is 687. The van der Waals surface area contributed by atoms with E-state index in [4.69, 9.17) is 0 Å². The Morgan fingerprint density at radius 1 is 0.680 bits per heavy atom. The molecule has 0 aliphatic heterocycles. The van der Waals surface area contributed by atoms with Crippen molar-refractivity contribution in [3.63, 3.8) is 0 Å². The molecule has 0 aliphatic rings. The average Bonchev–Trinajstić information content (AvgIpc) is 2.37. The fourth-order valence-electron chi connectivity index (χ4n) is 1.74. The second-order valence-corrected chi connectivity index (χ2v) is 11.6. The Balaban J connectivity index is 0.000000381. The van der Waals surface area contributed by atoms with Crippen molar-refractivity contribution in [1.82, 2.24) is 0 Å². The van der Waals surface area contributed by atoms with E-state index in [9.17, 15) is 25.2 Å². The molecule has 2 aromatic carbocycles. The molecule has 8 heteroatoms. The van der Waals surface area contributed by atoms with Crippen LogP contribution in [-0.2, 0) is 5.41 Å². The predicted molar refractivity (Wildman–Crippen MR) is 87.3 cm³/mol. The molecule has 0 aromatic heterocycles. The summed E-state index contributed by atoms with van der Waals surface area (Å²) in [5.74, 6) is 0. The SMILES string of the molecule is Cc1ccc([I+]c2ccc(C(C)(C)C)cc2)cc1.F[P-](F)(F)(F)(F)F. The molecule has 142 valence electrons. The second-order valence-electron chi connectivity index (χ2n) is 6.61. The van der Waals surface area contributed by atoms with Gasteiger partial charge in [-0.3, -0.25) is 0 Å². The van der Waals surface area contributed by atoms with Crippen molar-refractivity contribution in [2.24, 2.45) is 0 Å². The molecule has 0 amide bonds. The first-order chi connectivity index (χ1) is 10.9. The number of benzene rings is 2. The molecule has 25 heavy (non-hydrogen) atoms. The van der Waals surface area contributed by atoms with Gasteiger partial charge in [0.25, 0.3) is 0 Å². The number of halogens is 7. The minimum atomic E-state index is -10.7. The molecular formula is C17H20F6IP. The van der Waals surface area contributed by atoms with Gasteiger partial charge in [0.05, 0.1) is 0 Å². The molecule has 2 rings (SSSR count). The van der Waals surface area contributed by atoms with Crippen LogP contribution in [-0.4, -0.2) is 0 Å². The van der Waals surface area contributed by atoms with Crippen LogP contribution in [0.2, 0.25) is 0 Å². The molecule has 0 atom stereocenters. The van der Waals surface area contributed by atoms with Crippen molar-refractivity contribution in [3.05, 3.63) is 66.8 Å². The molecule has 0 saturated heterocycles. The molecule has 2 aromatic rings. The molecule has 0 unspecified atom stereocenters. The van der Waals surface area contributed by atoms with Crippen LogP contribution in [0.5, 0.6) is 0 Å². The van der Waals surface area contributed by atoms with Crippen molar-refractivity contribution >= 4 is 7.81 Å². The van der Waals surface area contributed by atoms with Gasteiger partial charge in [-0.25, -0.2) is 0 Å². The zero-order valence-electron chi connectivity index (χ0n) is 14.2. The minimum absolute atomic E-state index is 0.0336. The van der Waals surface area contributed by atoms with Crippen LogP contribution >= 0.6 is 7.81 Å². The third-order valence-corrected chi connectivity index (χ3v) is 5.62. The molecule has 0 nitrogen and oxygen atoms in total. The zero-order valence-corrected chi connectivity index (χ0v) is 17.3. The van der Waals surface area contributed by atoms with Crippen molar-refractivity contribution < 1.29 is 46.4 Å². The first-order valence-electron chi connectivity index (χ1n) is 7.28. The third-order valence-electron chi connectivity index (χ3n) is 2.94. The van der Waals surface area contributed by atoms with E-state index < -0.39 is 7.81 Å². The van der Waals surface area contributed by atoms with Crippen LogP contribution in [0.3, 0.4) is 0 Å².